The minimum atomic E-state index is 0.230. The lowest BCUT2D eigenvalue weighted by Gasteiger charge is -2.32. The number of carbonyl (C=O) groups excluding carboxylic acids is 1. The topological polar surface area (TPSA) is 38.3 Å². The van der Waals surface area contributed by atoms with Crippen molar-refractivity contribution in [3.05, 3.63) is 0 Å². The number of rotatable bonds is 16. The second kappa shape index (κ2) is 18.5. The number of methoxy groups -OCH3 is 1. The molecule has 0 atom stereocenters. The lowest BCUT2D eigenvalue weighted by Crippen LogP contribution is -2.23. The van der Waals surface area contributed by atoms with E-state index in [0.29, 0.717) is 17.3 Å². The van der Waals surface area contributed by atoms with Crippen molar-refractivity contribution in [2.75, 3.05) is 20.3 Å². The van der Waals surface area contributed by atoms with Crippen LogP contribution >= 0.6 is 0 Å². The molecule has 0 aromatic carbocycles. The molecule has 1 N–H and O–H groups in total. The van der Waals surface area contributed by atoms with Gasteiger partial charge >= 0.3 is 0 Å². The molecule has 0 aromatic rings. The highest BCUT2D eigenvalue weighted by molar-refractivity contribution is 5.75. The van der Waals surface area contributed by atoms with E-state index in [0.717, 1.165) is 32.4 Å². The van der Waals surface area contributed by atoms with Crippen LogP contribution in [0.5, 0.6) is 0 Å². The maximum absolute atomic E-state index is 11.8. The number of unbranched alkanes of at least 4 members (excludes halogenated alkanes) is 7. The minimum Gasteiger partial charge on any atom is -0.385 e. The Morgan fingerprint density at radius 3 is 1.93 bits per heavy atom. The highest BCUT2D eigenvalue weighted by atomic mass is 16.5. The second-order valence-electron chi connectivity index (χ2n) is 9.93. The van der Waals surface area contributed by atoms with E-state index >= 15 is 0 Å². The van der Waals surface area contributed by atoms with E-state index in [1.807, 2.05) is 13.8 Å². The van der Waals surface area contributed by atoms with Crippen LogP contribution in [0.25, 0.3) is 0 Å². The molecule has 0 radical (unpaired) electrons. The molecule has 28 heavy (non-hydrogen) atoms. The van der Waals surface area contributed by atoms with Gasteiger partial charge in [0.05, 0.1) is 0 Å². The van der Waals surface area contributed by atoms with Crippen LogP contribution in [0, 0.1) is 10.8 Å². The Morgan fingerprint density at radius 2 is 1.32 bits per heavy atom. The molecule has 0 saturated heterocycles. The number of hydrogen-bond acceptors (Lipinski definition) is 2. The van der Waals surface area contributed by atoms with Gasteiger partial charge in [-0.25, -0.2) is 0 Å². The number of amides is 1. The summed E-state index contributed by atoms with van der Waals surface area (Å²) in [6.07, 6.45) is 14.0. The predicted octanol–water partition coefficient (Wildman–Crippen LogP) is 7.53. The van der Waals surface area contributed by atoms with Gasteiger partial charge in [0.15, 0.2) is 0 Å². The third-order valence-electron chi connectivity index (χ3n) is 4.86. The van der Waals surface area contributed by atoms with Gasteiger partial charge in [-0.05, 0) is 42.9 Å². The van der Waals surface area contributed by atoms with Gasteiger partial charge in [-0.3, -0.25) is 4.79 Å². The van der Waals surface area contributed by atoms with E-state index in [4.69, 9.17) is 4.74 Å². The zero-order chi connectivity index (χ0) is 21.9. The molecule has 0 unspecified atom stereocenters. The molecule has 0 rings (SSSR count). The quantitative estimate of drug-likeness (QED) is 0.272. The molecule has 170 valence electrons. The minimum absolute atomic E-state index is 0.230. The van der Waals surface area contributed by atoms with E-state index in [9.17, 15) is 4.79 Å². The van der Waals surface area contributed by atoms with Gasteiger partial charge in [-0.1, -0.05) is 87.0 Å². The van der Waals surface area contributed by atoms with Crippen LogP contribution in [0.1, 0.15) is 126 Å². The monoisotopic (exact) mass is 399 g/mol. The first-order valence-electron chi connectivity index (χ1n) is 11.9. The summed E-state index contributed by atoms with van der Waals surface area (Å²) in [6.45, 7) is 17.5. The summed E-state index contributed by atoms with van der Waals surface area (Å²) in [6, 6.07) is 0. The van der Waals surface area contributed by atoms with Crippen LogP contribution in [0.3, 0.4) is 0 Å². The number of nitrogens with one attached hydrogen (secondary N) is 1. The fourth-order valence-electron chi connectivity index (χ4n) is 3.98. The van der Waals surface area contributed by atoms with Gasteiger partial charge in [0.1, 0.15) is 0 Å². The molecular formula is C25H53NO2. The van der Waals surface area contributed by atoms with E-state index in [-0.39, 0.29) is 5.91 Å². The molecule has 0 fully saturated rings. The maximum Gasteiger partial charge on any atom is 0.219 e. The first-order valence-corrected chi connectivity index (χ1v) is 11.9. The Labute approximate surface area is 177 Å². The number of hydrogen-bond donors (Lipinski definition) is 1. The SMILES string of the molecule is CC.COCCCCCCNC(=O)CCCCCCCC(C)(C)CC(C)(C)C. The zero-order valence-electron chi connectivity index (χ0n) is 20.7. The highest BCUT2D eigenvalue weighted by Crippen LogP contribution is 2.37. The van der Waals surface area contributed by atoms with Gasteiger partial charge in [-0.15, -0.1) is 0 Å². The largest absolute Gasteiger partial charge is 0.385 e. The fraction of sp³-hybridized carbons (Fsp3) is 0.960. The van der Waals surface area contributed by atoms with Crippen molar-refractivity contribution >= 4 is 5.91 Å². The number of carbonyl (C=O) groups is 1. The average molecular weight is 400 g/mol. The van der Waals surface area contributed by atoms with Crippen LogP contribution in [0.15, 0.2) is 0 Å². The van der Waals surface area contributed by atoms with E-state index in [1.54, 1.807) is 7.11 Å². The van der Waals surface area contributed by atoms with Crippen molar-refractivity contribution in [1.82, 2.24) is 5.32 Å². The molecule has 0 aromatic heterocycles. The molecule has 0 bridgehead atoms. The molecule has 3 heteroatoms. The van der Waals surface area contributed by atoms with Gasteiger partial charge < -0.3 is 10.1 Å². The lowest BCUT2D eigenvalue weighted by atomic mass is 9.73. The van der Waals surface area contributed by atoms with Gasteiger partial charge in [0.2, 0.25) is 5.91 Å². The third kappa shape index (κ3) is 23.5. The lowest BCUT2D eigenvalue weighted by molar-refractivity contribution is -0.121. The van der Waals surface area contributed by atoms with Crippen LogP contribution in [0.2, 0.25) is 0 Å². The standard InChI is InChI=1S/C23H47NO2.C2H6/c1-22(2,3)20-23(4,5)17-13-9-7-8-12-16-21(25)24-18-14-10-11-15-19-26-6;1-2/h7-20H2,1-6H3,(H,24,25);1-2H3. The highest BCUT2D eigenvalue weighted by Gasteiger charge is 2.24. The van der Waals surface area contributed by atoms with Crippen molar-refractivity contribution in [1.29, 1.82) is 0 Å². The van der Waals surface area contributed by atoms with E-state index < -0.39 is 0 Å². The van der Waals surface area contributed by atoms with Gasteiger partial charge in [-0.2, -0.15) is 0 Å². The summed E-state index contributed by atoms with van der Waals surface area (Å²) in [7, 11) is 1.74. The summed E-state index contributed by atoms with van der Waals surface area (Å²) in [5.41, 5.74) is 0.864. The van der Waals surface area contributed by atoms with Gasteiger partial charge in [0, 0.05) is 26.7 Å². The van der Waals surface area contributed by atoms with E-state index in [2.05, 4.69) is 39.9 Å². The maximum atomic E-state index is 11.8. The Kier molecular flexibility index (Phi) is 19.5. The zero-order valence-corrected chi connectivity index (χ0v) is 20.7. The second-order valence-corrected chi connectivity index (χ2v) is 9.93. The molecule has 0 spiro atoms. The third-order valence-corrected chi connectivity index (χ3v) is 4.86. The molecule has 0 aliphatic carbocycles. The molecule has 0 heterocycles. The molecule has 0 aliphatic rings. The summed E-state index contributed by atoms with van der Waals surface area (Å²) >= 11 is 0. The van der Waals surface area contributed by atoms with Crippen LogP contribution in [-0.4, -0.2) is 26.2 Å². The number of ether oxygens (including phenoxy) is 1. The van der Waals surface area contributed by atoms with Crippen LogP contribution in [-0.2, 0) is 9.53 Å². The smallest absolute Gasteiger partial charge is 0.219 e. The average Bonchev–Trinajstić information content (AvgIpc) is 2.59. The Balaban J connectivity index is 0. The molecule has 0 aliphatic heterocycles. The predicted molar refractivity (Wildman–Crippen MR) is 125 cm³/mol. The summed E-state index contributed by atoms with van der Waals surface area (Å²) in [5, 5.41) is 3.05. The van der Waals surface area contributed by atoms with Crippen molar-refractivity contribution < 1.29 is 9.53 Å². The van der Waals surface area contributed by atoms with Crippen molar-refractivity contribution in [2.24, 2.45) is 10.8 Å². The molecule has 1 amide bonds. The fourth-order valence-corrected chi connectivity index (χ4v) is 3.98. The molecular weight excluding hydrogens is 346 g/mol. The Hall–Kier alpha value is -0.570. The van der Waals surface area contributed by atoms with E-state index in [1.165, 1.54) is 51.4 Å². The van der Waals surface area contributed by atoms with Crippen molar-refractivity contribution in [3.63, 3.8) is 0 Å². The first-order chi connectivity index (χ1) is 13.2. The van der Waals surface area contributed by atoms with Crippen LogP contribution < -0.4 is 5.32 Å². The van der Waals surface area contributed by atoms with Crippen molar-refractivity contribution in [3.8, 4) is 0 Å². The summed E-state index contributed by atoms with van der Waals surface area (Å²) in [4.78, 5) is 11.8. The van der Waals surface area contributed by atoms with Crippen LogP contribution in [0.4, 0.5) is 0 Å². The normalized spacial score (nSPS) is 11.7. The van der Waals surface area contributed by atoms with Crippen molar-refractivity contribution in [2.45, 2.75) is 126 Å². The Bertz CT molecular complexity index is 345. The molecule has 3 nitrogen and oxygen atoms in total. The Morgan fingerprint density at radius 1 is 0.786 bits per heavy atom. The first kappa shape index (κ1) is 29.6. The summed E-state index contributed by atoms with van der Waals surface area (Å²) in [5.74, 6) is 0.230. The van der Waals surface area contributed by atoms with Gasteiger partial charge in [0.25, 0.3) is 0 Å². The molecule has 0 saturated carbocycles. The summed E-state index contributed by atoms with van der Waals surface area (Å²) < 4.78 is 5.03.